The number of hydrogen-bond acceptors (Lipinski definition) is 5. The second-order valence-corrected chi connectivity index (χ2v) is 4.87. The molecule has 1 atom stereocenters. The smallest absolute Gasteiger partial charge is 0.259 e. The third kappa shape index (κ3) is 3.32. The molecule has 114 valence electrons. The molecule has 0 spiro atoms. The zero-order valence-electron chi connectivity index (χ0n) is 12.6. The van der Waals surface area contributed by atoms with Crippen molar-refractivity contribution in [1.82, 2.24) is 5.32 Å². The van der Waals surface area contributed by atoms with Gasteiger partial charge in [0, 0.05) is 26.7 Å². The van der Waals surface area contributed by atoms with Crippen LogP contribution in [0.1, 0.15) is 18.4 Å². The minimum atomic E-state index is -1.15. The van der Waals surface area contributed by atoms with Crippen LogP contribution in [0.5, 0.6) is 5.75 Å². The number of rotatable bonds is 6. The molecule has 2 rings (SSSR count). The molecule has 0 amide bonds. The van der Waals surface area contributed by atoms with E-state index >= 15 is 0 Å². The van der Waals surface area contributed by atoms with Crippen LogP contribution in [-0.4, -0.2) is 33.2 Å². The maximum Gasteiger partial charge on any atom is 0.259 e. The summed E-state index contributed by atoms with van der Waals surface area (Å²) in [6.45, 7) is 0. The lowest BCUT2D eigenvalue weighted by Crippen LogP contribution is -2.51. The largest absolute Gasteiger partial charge is 0.496 e. The lowest BCUT2D eigenvalue weighted by molar-refractivity contribution is -0.243. The molecule has 1 unspecified atom stereocenters. The molecule has 0 radical (unpaired) electrons. The molecule has 0 bridgehead atoms. The van der Waals surface area contributed by atoms with Crippen molar-refractivity contribution in [2.24, 2.45) is 0 Å². The van der Waals surface area contributed by atoms with Crippen LogP contribution in [-0.2, 0) is 20.2 Å². The Hall–Kier alpha value is -1.69. The quantitative estimate of drug-likeness (QED) is 0.812. The average molecular weight is 291 g/mol. The SMILES string of the molecule is COc1ccccc1C(NC1CC=CC(=O)C1)(OC)OC. The van der Waals surface area contributed by atoms with Crippen LogP contribution in [0.15, 0.2) is 36.4 Å². The van der Waals surface area contributed by atoms with Crippen LogP contribution < -0.4 is 10.1 Å². The van der Waals surface area contributed by atoms with E-state index in [2.05, 4.69) is 5.32 Å². The van der Waals surface area contributed by atoms with Crippen molar-refractivity contribution in [2.75, 3.05) is 21.3 Å². The van der Waals surface area contributed by atoms with Gasteiger partial charge in [-0.05, 0) is 24.6 Å². The summed E-state index contributed by atoms with van der Waals surface area (Å²) in [5, 5.41) is 3.29. The number of carbonyl (C=O) groups excluding carboxylic acids is 1. The molecule has 1 aromatic rings. The monoisotopic (exact) mass is 291 g/mol. The number of ketones is 1. The summed E-state index contributed by atoms with van der Waals surface area (Å²) in [5.74, 6) is -0.394. The number of carbonyl (C=O) groups is 1. The number of hydrogen-bond donors (Lipinski definition) is 1. The fourth-order valence-electron chi connectivity index (χ4n) is 2.55. The molecule has 21 heavy (non-hydrogen) atoms. The van der Waals surface area contributed by atoms with Crippen LogP contribution >= 0.6 is 0 Å². The van der Waals surface area contributed by atoms with Crippen LogP contribution in [0.25, 0.3) is 0 Å². The minimum Gasteiger partial charge on any atom is -0.496 e. The fraction of sp³-hybridized carbons (Fsp3) is 0.438. The highest BCUT2D eigenvalue weighted by molar-refractivity contribution is 5.90. The normalized spacial score (nSPS) is 18.8. The van der Waals surface area contributed by atoms with Gasteiger partial charge in [0.2, 0.25) is 0 Å². The Kier molecular flexibility index (Phi) is 5.12. The minimum absolute atomic E-state index is 0.0488. The lowest BCUT2D eigenvalue weighted by atomic mass is 9.99. The van der Waals surface area contributed by atoms with Crippen LogP contribution in [0.4, 0.5) is 0 Å². The first kappa shape index (κ1) is 15.7. The first-order chi connectivity index (χ1) is 10.1. The van der Waals surface area contributed by atoms with Gasteiger partial charge in [0.05, 0.1) is 12.7 Å². The summed E-state index contributed by atoms with van der Waals surface area (Å²) in [5.41, 5.74) is 0.736. The summed E-state index contributed by atoms with van der Waals surface area (Å²) in [6.07, 6.45) is 4.64. The summed E-state index contributed by atoms with van der Waals surface area (Å²) in [7, 11) is 4.72. The summed E-state index contributed by atoms with van der Waals surface area (Å²) < 4.78 is 16.6. The topological polar surface area (TPSA) is 56.8 Å². The Bertz CT molecular complexity index is 523. The van der Waals surface area contributed by atoms with Crippen LogP contribution in [0.3, 0.4) is 0 Å². The standard InChI is InChI=1S/C16H21NO4/c1-19-15-10-5-4-9-14(15)16(20-2,21-3)17-12-7-6-8-13(18)11-12/h4-6,8-10,12,17H,7,11H2,1-3H3. The molecule has 0 aliphatic heterocycles. The number of benzene rings is 1. The average Bonchev–Trinajstić information content (AvgIpc) is 2.53. The van der Waals surface area contributed by atoms with E-state index < -0.39 is 5.91 Å². The predicted octanol–water partition coefficient (Wildman–Crippen LogP) is 1.98. The molecule has 0 saturated heterocycles. The second kappa shape index (κ2) is 6.85. The van der Waals surface area contributed by atoms with E-state index in [1.807, 2.05) is 30.3 Å². The highest BCUT2D eigenvalue weighted by Crippen LogP contribution is 2.32. The van der Waals surface area contributed by atoms with Gasteiger partial charge in [-0.15, -0.1) is 0 Å². The van der Waals surface area contributed by atoms with Crippen molar-refractivity contribution in [3.8, 4) is 5.75 Å². The first-order valence-electron chi connectivity index (χ1n) is 6.86. The van der Waals surface area contributed by atoms with Crippen molar-refractivity contribution in [2.45, 2.75) is 24.8 Å². The number of allylic oxidation sites excluding steroid dienone is 1. The van der Waals surface area contributed by atoms with E-state index in [0.29, 0.717) is 12.2 Å². The third-order valence-electron chi connectivity index (χ3n) is 3.60. The maximum absolute atomic E-state index is 11.6. The fourth-order valence-corrected chi connectivity index (χ4v) is 2.55. The van der Waals surface area contributed by atoms with Gasteiger partial charge >= 0.3 is 0 Å². The number of methoxy groups -OCH3 is 3. The molecular weight excluding hydrogens is 270 g/mol. The second-order valence-electron chi connectivity index (χ2n) is 4.87. The Labute approximate surface area is 124 Å². The Morgan fingerprint density at radius 3 is 2.52 bits per heavy atom. The molecule has 0 saturated carbocycles. The molecule has 1 N–H and O–H groups in total. The highest BCUT2D eigenvalue weighted by atomic mass is 16.7. The summed E-state index contributed by atoms with van der Waals surface area (Å²) in [4.78, 5) is 11.6. The predicted molar refractivity (Wildman–Crippen MR) is 79.0 cm³/mol. The molecule has 5 nitrogen and oxygen atoms in total. The van der Waals surface area contributed by atoms with Gasteiger partial charge in [-0.2, -0.15) is 0 Å². The van der Waals surface area contributed by atoms with E-state index in [1.165, 1.54) is 0 Å². The van der Waals surface area contributed by atoms with E-state index in [1.54, 1.807) is 27.4 Å². The number of ether oxygens (including phenoxy) is 3. The van der Waals surface area contributed by atoms with Crippen LogP contribution in [0, 0.1) is 0 Å². The molecule has 1 aliphatic carbocycles. The zero-order chi connectivity index (χ0) is 15.3. The summed E-state index contributed by atoms with van der Waals surface area (Å²) >= 11 is 0. The molecule has 0 heterocycles. The van der Waals surface area contributed by atoms with Gasteiger partial charge in [-0.1, -0.05) is 18.2 Å². The highest BCUT2D eigenvalue weighted by Gasteiger charge is 2.37. The zero-order valence-corrected chi connectivity index (χ0v) is 12.6. The number of para-hydroxylation sites is 1. The van der Waals surface area contributed by atoms with Gasteiger partial charge in [0.15, 0.2) is 5.78 Å². The Balaban J connectivity index is 2.31. The Morgan fingerprint density at radius 1 is 1.19 bits per heavy atom. The molecular formula is C16H21NO4. The lowest BCUT2D eigenvalue weighted by Gasteiger charge is -2.36. The molecule has 0 fully saturated rings. The van der Waals surface area contributed by atoms with Crippen molar-refractivity contribution in [3.63, 3.8) is 0 Å². The van der Waals surface area contributed by atoms with Crippen molar-refractivity contribution >= 4 is 5.78 Å². The van der Waals surface area contributed by atoms with Gasteiger partial charge in [-0.3, -0.25) is 10.1 Å². The molecule has 1 aliphatic rings. The van der Waals surface area contributed by atoms with Gasteiger partial charge < -0.3 is 14.2 Å². The van der Waals surface area contributed by atoms with E-state index in [-0.39, 0.29) is 11.8 Å². The van der Waals surface area contributed by atoms with E-state index in [4.69, 9.17) is 14.2 Å². The van der Waals surface area contributed by atoms with Crippen molar-refractivity contribution < 1.29 is 19.0 Å². The maximum atomic E-state index is 11.6. The van der Waals surface area contributed by atoms with Gasteiger partial charge in [-0.25, -0.2) is 0 Å². The number of nitrogens with one attached hydrogen (secondary N) is 1. The molecule has 0 aromatic heterocycles. The van der Waals surface area contributed by atoms with Crippen LogP contribution in [0.2, 0.25) is 0 Å². The van der Waals surface area contributed by atoms with E-state index in [9.17, 15) is 4.79 Å². The Morgan fingerprint density at radius 2 is 1.90 bits per heavy atom. The summed E-state index contributed by atoms with van der Waals surface area (Å²) in [6, 6.07) is 7.44. The molecule has 1 aromatic carbocycles. The first-order valence-corrected chi connectivity index (χ1v) is 6.86. The van der Waals surface area contributed by atoms with Crippen molar-refractivity contribution in [3.05, 3.63) is 42.0 Å². The van der Waals surface area contributed by atoms with Crippen molar-refractivity contribution in [1.29, 1.82) is 0 Å². The van der Waals surface area contributed by atoms with Gasteiger partial charge in [0.1, 0.15) is 5.75 Å². The third-order valence-corrected chi connectivity index (χ3v) is 3.60. The van der Waals surface area contributed by atoms with Gasteiger partial charge in [0.25, 0.3) is 5.91 Å². The van der Waals surface area contributed by atoms with E-state index in [0.717, 1.165) is 12.0 Å². The molecule has 5 heteroatoms.